The number of benzene rings is 2. The number of Topliss-reactive ketones (excluding diaryl/α,β-unsaturated/α-hetero) is 1. The highest BCUT2D eigenvalue weighted by Crippen LogP contribution is 2.36. The molecule has 1 aromatic heterocycles. The Labute approximate surface area is 167 Å². The van der Waals surface area contributed by atoms with Gasteiger partial charge in [0.2, 0.25) is 5.78 Å². The highest BCUT2D eigenvalue weighted by molar-refractivity contribution is 7.99. The molecule has 0 saturated carbocycles. The van der Waals surface area contributed by atoms with E-state index in [1.165, 1.54) is 0 Å². The molecule has 0 unspecified atom stereocenters. The lowest BCUT2D eigenvalue weighted by Crippen LogP contribution is -2.36. The molecule has 2 N–H and O–H groups in total. The highest BCUT2D eigenvalue weighted by Gasteiger charge is 2.32. The number of ether oxygens (including phenoxy) is 1. The van der Waals surface area contributed by atoms with Crippen LogP contribution in [0.15, 0.2) is 48.7 Å². The van der Waals surface area contributed by atoms with Crippen LogP contribution in [-0.4, -0.2) is 35.1 Å². The summed E-state index contributed by atoms with van der Waals surface area (Å²) in [4.78, 5) is 28.1. The van der Waals surface area contributed by atoms with Gasteiger partial charge in [0.15, 0.2) is 6.61 Å². The van der Waals surface area contributed by atoms with Crippen LogP contribution in [0.2, 0.25) is 0 Å². The normalized spacial score (nSPS) is 19.1. The molecule has 5 nitrogen and oxygen atoms in total. The zero-order valence-corrected chi connectivity index (χ0v) is 16.6. The number of rotatable bonds is 5. The van der Waals surface area contributed by atoms with Crippen molar-refractivity contribution in [2.45, 2.75) is 25.3 Å². The SMILES string of the molecule is Cc1ccc(C(=O)COC(=O)[C@@H]2CS[C@H](c3cccc4[nH]ccc34)N2)c(C)c1. The van der Waals surface area contributed by atoms with E-state index in [1.54, 1.807) is 17.8 Å². The molecule has 1 saturated heterocycles. The number of thioether (sulfide) groups is 1. The first-order valence-electron chi connectivity index (χ1n) is 9.23. The van der Waals surface area contributed by atoms with Gasteiger partial charge in [-0.1, -0.05) is 35.9 Å². The van der Waals surface area contributed by atoms with Gasteiger partial charge in [-0.15, -0.1) is 11.8 Å². The van der Waals surface area contributed by atoms with Gasteiger partial charge in [0, 0.05) is 28.4 Å². The van der Waals surface area contributed by atoms with Crippen molar-refractivity contribution in [2.75, 3.05) is 12.4 Å². The zero-order valence-electron chi connectivity index (χ0n) is 15.8. The number of esters is 1. The number of fused-ring (bicyclic) bond motifs is 1. The zero-order chi connectivity index (χ0) is 19.7. The van der Waals surface area contributed by atoms with Crippen LogP contribution in [0.1, 0.15) is 32.4 Å². The predicted molar refractivity (Wildman–Crippen MR) is 112 cm³/mol. The lowest BCUT2D eigenvalue weighted by atomic mass is 10.0. The number of aromatic nitrogens is 1. The van der Waals surface area contributed by atoms with E-state index in [0.717, 1.165) is 27.6 Å². The van der Waals surface area contributed by atoms with Gasteiger partial charge in [0.1, 0.15) is 6.04 Å². The monoisotopic (exact) mass is 394 g/mol. The first-order valence-corrected chi connectivity index (χ1v) is 10.3. The van der Waals surface area contributed by atoms with Gasteiger partial charge in [0.05, 0.1) is 5.37 Å². The van der Waals surface area contributed by atoms with E-state index in [1.807, 2.05) is 50.4 Å². The Kier molecular flexibility index (Phi) is 5.24. The standard InChI is InChI=1S/C22H22N2O3S/c1-13-6-7-15(14(2)10-13)20(25)11-27-22(26)19-12-28-21(24-19)17-4-3-5-18-16(17)8-9-23-18/h3-10,19,21,23-24H,11-12H2,1-2H3/t19-,21+/m0/s1. The van der Waals surface area contributed by atoms with Gasteiger partial charge < -0.3 is 9.72 Å². The van der Waals surface area contributed by atoms with Crippen molar-refractivity contribution in [1.82, 2.24) is 10.3 Å². The van der Waals surface area contributed by atoms with Crippen molar-refractivity contribution in [3.8, 4) is 0 Å². The molecular weight excluding hydrogens is 372 g/mol. The fraction of sp³-hybridized carbons (Fsp3) is 0.273. The molecule has 6 heteroatoms. The topological polar surface area (TPSA) is 71.2 Å². The minimum Gasteiger partial charge on any atom is -0.456 e. The fourth-order valence-corrected chi connectivity index (χ4v) is 4.83. The summed E-state index contributed by atoms with van der Waals surface area (Å²) in [5.74, 6) is 0.0571. The van der Waals surface area contributed by atoms with Crippen LogP contribution in [0, 0.1) is 13.8 Å². The van der Waals surface area contributed by atoms with E-state index in [9.17, 15) is 9.59 Å². The number of ketones is 1. The Balaban J connectivity index is 1.37. The Morgan fingerprint density at radius 2 is 2.04 bits per heavy atom. The van der Waals surface area contributed by atoms with Crippen LogP contribution in [0.5, 0.6) is 0 Å². The molecule has 0 aliphatic carbocycles. The molecule has 0 radical (unpaired) electrons. The lowest BCUT2D eigenvalue weighted by Gasteiger charge is -2.14. The number of aryl methyl sites for hydroxylation is 2. The molecule has 28 heavy (non-hydrogen) atoms. The van der Waals surface area contributed by atoms with Gasteiger partial charge in [-0.2, -0.15) is 0 Å². The molecule has 0 spiro atoms. The first-order chi connectivity index (χ1) is 13.5. The molecule has 1 fully saturated rings. The minimum atomic E-state index is -0.420. The summed E-state index contributed by atoms with van der Waals surface area (Å²) in [7, 11) is 0. The molecule has 0 amide bonds. The van der Waals surface area contributed by atoms with Crippen molar-refractivity contribution >= 4 is 34.4 Å². The second-order valence-electron chi connectivity index (χ2n) is 7.07. The van der Waals surface area contributed by atoms with Crippen molar-refractivity contribution in [3.63, 3.8) is 0 Å². The summed E-state index contributed by atoms with van der Waals surface area (Å²) in [6.45, 7) is 3.64. The summed E-state index contributed by atoms with van der Waals surface area (Å²) in [6.07, 6.45) is 1.91. The Hall–Kier alpha value is -2.57. The Bertz CT molecular complexity index is 1040. The van der Waals surface area contributed by atoms with Gasteiger partial charge >= 0.3 is 5.97 Å². The van der Waals surface area contributed by atoms with Gasteiger partial charge in [-0.05, 0) is 37.1 Å². The maximum absolute atomic E-state index is 12.5. The average molecular weight is 394 g/mol. The molecule has 4 rings (SSSR count). The maximum Gasteiger partial charge on any atom is 0.324 e. The van der Waals surface area contributed by atoms with Crippen molar-refractivity contribution < 1.29 is 14.3 Å². The molecule has 1 aliphatic heterocycles. The van der Waals surface area contributed by atoms with Gasteiger partial charge in [-0.25, -0.2) is 0 Å². The third-order valence-electron chi connectivity index (χ3n) is 5.01. The molecule has 0 bridgehead atoms. The molecule has 3 aromatic rings. The summed E-state index contributed by atoms with van der Waals surface area (Å²) in [5, 5.41) is 4.50. The van der Waals surface area contributed by atoms with Crippen molar-refractivity contribution in [3.05, 3.63) is 70.9 Å². The smallest absolute Gasteiger partial charge is 0.324 e. The van der Waals surface area contributed by atoms with E-state index in [2.05, 4.69) is 16.4 Å². The van der Waals surface area contributed by atoms with Gasteiger partial charge in [0.25, 0.3) is 0 Å². The highest BCUT2D eigenvalue weighted by atomic mass is 32.2. The largest absolute Gasteiger partial charge is 0.456 e. The maximum atomic E-state index is 12.5. The molecule has 144 valence electrons. The average Bonchev–Trinajstić information content (AvgIpc) is 3.35. The third kappa shape index (κ3) is 3.70. The van der Waals surface area contributed by atoms with E-state index < -0.39 is 6.04 Å². The van der Waals surface area contributed by atoms with E-state index in [-0.39, 0.29) is 23.7 Å². The van der Waals surface area contributed by atoms with Crippen LogP contribution in [0.25, 0.3) is 10.9 Å². The van der Waals surface area contributed by atoms with Crippen LogP contribution >= 0.6 is 11.8 Å². The predicted octanol–water partition coefficient (Wildman–Crippen LogP) is 3.91. The summed E-state index contributed by atoms with van der Waals surface area (Å²) in [6, 6.07) is 13.4. The molecule has 2 atom stereocenters. The first kappa shape index (κ1) is 18.8. The quantitative estimate of drug-likeness (QED) is 0.507. The molecule has 1 aliphatic rings. The lowest BCUT2D eigenvalue weighted by molar-refractivity contribution is -0.144. The summed E-state index contributed by atoms with van der Waals surface area (Å²) in [5.41, 5.74) is 4.82. The van der Waals surface area contributed by atoms with Crippen LogP contribution < -0.4 is 5.32 Å². The number of nitrogens with one attached hydrogen (secondary N) is 2. The number of hydrogen-bond donors (Lipinski definition) is 2. The number of hydrogen-bond acceptors (Lipinski definition) is 5. The molecular formula is C22H22N2O3S. The Morgan fingerprint density at radius 1 is 1.18 bits per heavy atom. The van der Waals surface area contributed by atoms with Gasteiger partial charge in [-0.3, -0.25) is 14.9 Å². The second-order valence-corrected chi connectivity index (χ2v) is 8.21. The summed E-state index contributed by atoms with van der Waals surface area (Å²) >= 11 is 1.67. The number of aromatic amines is 1. The Morgan fingerprint density at radius 3 is 2.86 bits per heavy atom. The minimum absolute atomic E-state index is 0.0205. The molecule has 2 aromatic carbocycles. The number of H-pyrrole nitrogens is 1. The van der Waals surface area contributed by atoms with Crippen molar-refractivity contribution in [2.24, 2.45) is 0 Å². The second kappa shape index (κ2) is 7.81. The van der Waals surface area contributed by atoms with Crippen LogP contribution in [0.3, 0.4) is 0 Å². The fourth-order valence-electron chi connectivity index (χ4n) is 3.57. The van der Waals surface area contributed by atoms with Crippen LogP contribution in [-0.2, 0) is 9.53 Å². The van der Waals surface area contributed by atoms with E-state index in [0.29, 0.717) is 11.3 Å². The number of carbonyl (C=O) groups excluding carboxylic acids is 2. The number of carbonyl (C=O) groups is 2. The molecule has 2 heterocycles. The van der Waals surface area contributed by atoms with E-state index >= 15 is 0 Å². The van der Waals surface area contributed by atoms with E-state index in [4.69, 9.17) is 4.74 Å². The van der Waals surface area contributed by atoms with Crippen molar-refractivity contribution in [1.29, 1.82) is 0 Å². The van der Waals surface area contributed by atoms with Crippen LogP contribution in [0.4, 0.5) is 0 Å². The third-order valence-corrected chi connectivity index (χ3v) is 6.25. The summed E-state index contributed by atoms with van der Waals surface area (Å²) < 4.78 is 5.31.